The summed E-state index contributed by atoms with van der Waals surface area (Å²) in [5.41, 5.74) is 5.10. The monoisotopic (exact) mass is 434 g/mol. The number of rotatable bonds is 6. The predicted octanol–water partition coefficient (Wildman–Crippen LogP) is 2.76. The van der Waals surface area contributed by atoms with Gasteiger partial charge in [-0.25, -0.2) is 25.4 Å². The minimum absolute atomic E-state index is 0.250. The summed E-state index contributed by atoms with van der Waals surface area (Å²) in [6, 6.07) is 12.2. The van der Waals surface area contributed by atoms with Gasteiger partial charge in [0.05, 0.1) is 9.79 Å². The average molecular weight is 435 g/mol. The van der Waals surface area contributed by atoms with E-state index in [1.807, 2.05) is 19.1 Å². The summed E-state index contributed by atoms with van der Waals surface area (Å²) >= 11 is 0. The molecule has 1 aliphatic rings. The molecule has 0 fully saturated rings. The van der Waals surface area contributed by atoms with Crippen LogP contribution in [0.2, 0.25) is 0 Å². The van der Waals surface area contributed by atoms with E-state index < -0.39 is 20.0 Å². The van der Waals surface area contributed by atoms with Gasteiger partial charge in [0.1, 0.15) is 0 Å². The summed E-state index contributed by atoms with van der Waals surface area (Å²) in [6.45, 7) is 2.04. The van der Waals surface area contributed by atoms with Crippen LogP contribution in [-0.4, -0.2) is 53.6 Å². The van der Waals surface area contributed by atoms with Crippen LogP contribution in [0.5, 0.6) is 0 Å². The lowest BCUT2D eigenvalue weighted by atomic mass is 9.98. The second-order valence-electron chi connectivity index (χ2n) is 7.65. The maximum absolute atomic E-state index is 12.5. The van der Waals surface area contributed by atoms with E-state index in [1.54, 1.807) is 30.3 Å². The highest BCUT2D eigenvalue weighted by Gasteiger charge is 2.24. The topological polar surface area (TPSA) is 74.8 Å². The van der Waals surface area contributed by atoms with E-state index in [0.29, 0.717) is 6.42 Å². The maximum Gasteiger partial charge on any atom is 0.242 e. The van der Waals surface area contributed by atoms with Crippen LogP contribution < -0.4 is 0 Å². The van der Waals surface area contributed by atoms with Crippen molar-refractivity contribution in [3.63, 3.8) is 0 Å². The van der Waals surface area contributed by atoms with E-state index in [-0.39, 0.29) is 9.79 Å². The van der Waals surface area contributed by atoms with Crippen molar-refractivity contribution in [3.05, 3.63) is 64.7 Å². The zero-order valence-corrected chi connectivity index (χ0v) is 18.9. The molecule has 0 bridgehead atoms. The third-order valence-corrected chi connectivity index (χ3v) is 8.84. The zero-order chi connectivity index (χ0) is 21.6. The molecule has 0 saturated heterocycles. The predicted molar refractivity (Wildman–Crippen MR) is 115 cm³/mol. The fraction of sp³-hybridized carbons (Fsp3) is 0.333. The second-order valence-corrected chi connectivity index (χ2v) is 12.0. The zero-order valence-electron chi connectivity index (χ0n) is 17.3. The third-order valence-electron chi connectivity index (χ3n) is 5.21. The van der Waals surface area contributed by atoms with E-state index in [0.717, 1.165) is 28.7 Å². The highest BCUT2D eigenvalue weighted by Crippen LogP contribution is 2.37. The van der Waals surface area contributed by atoms with Crippen LogP contribution in [0.25, 0.3) is 5.57 Å². The van der Waals surface area contributed by atoms with Gasteiger partial charge in [0.2, 0.25) is 20.0 Å². The van der Waals surface area contributed by atoms with E-state index in [9.17, 15) is 16.8 Å². The maximum atomic E-state index is 12.5. The molecule has 0 saturated carbocycles. The van der Waals surface area contributed by atoms with Crippen molar-refractivity contribution < 1.29 is 16.8 Å². The Morgan fingerprint density at radius 2 is 1.41 bits per heavy atom. The minimum atomic E-state index is -3.52. The molecule has 8 heteroatoms. The Morgan fingerprint density at radius 1 is 0.828 bits per heavy atom. The molecule has 0 spiro atoms. The quantitative estimate of drug-likeness (QED) is 0.701. The van der Waals surface area contributed by atoms with Crippen molar-refractivity contribution in [3.8, 4) is 0 Å². The number of hydrogen-bond donors (Lipinski definition) is 0. The number of sulfonamides is 2. The normalized spacial score (nSPS) is 14.7. The van der Waals surface area contributed by atoms with Gasteiger partial charge >= 0.3 is 0 Å². The SMILES string of the molecule is CC1=C(Cc2cccc(S(=O)(=O)N(C)C)c2)c2cc(S(=O)(=O)N(C)C)ccc2C1. The number of benzene rings is 2. The third kappa shape index (κ3) is 4.02. The van der Waals surface area contributed by atoms with E-state index in [1.165, 1.54) is 42.4 Å². The molecule has 0 radical (unpaired) electrons. The van der Waals surface area contributed by atoms with Gasteiger partial charge in [0, 0.05) is 28.2 Å². The molecule has 6 nitrogen and oxygen atoms in total. The second kappa shape index (κ2) is 7.68. The first-order chi connectivity index (χ1) is 13.4. The summed E-state index contributed by atoms with van der Waals surface area (Å²) in [4.78, 5) is 0.512. The van der Waals surface area contributed by atoms with E-state index in [4.69, 9.17) is 0 Å². The fourth-order valence-electron chi connectivity index (χ4n) is 3.46. The van der Waals surface area contributed by atoms with E-state index in [2.05, 4.69) is 0 Å². The molecule has 0 unspecified atom stereocenters. The van der Waals surface area contributed by atoms with Crippen molar-refractivity contribution in [1.82, 2.24) is 8.61 Å². The van der Waals surface area contributed by atoms with Crippen molar-refractivity contribution in [1.29, 1.82) is 0 Å². The van der Waals surface area contributed by atoms with Crippen LogP contribution in [0.15, 0.2) is 57.8 Å². The molecule has 0 atom stereocenters. The number of fused-ring (bicyclic) bond motifs is 1. The van der Waals surface area contributed by atoms with E-state index >= 15 is 0 Å². The molecule has 0 N–H and O–H groups in total. The van der Waals surface area contributed by atoms with Crippen LogP contribution in [0.4, 0.5) is 0 Å². The Bertz CT molecular complexity index is 1190. The highest BCUT2D eigenvalue weighted by molar-refractivity contribution is 7.89. The van der Waals surface area contributed by atoms with Gasteiger partial charge in [-0.1, -0.05) is 23.8 Å². The van der Waals surface area contributed by atoms with Crippen LogP contribution in [0.3, 0.4) is 0 Å². The lowest BCUT2D eigenvalue weighted by molar-refractivity contribution is 0.519. The summed E-state index contributed by atoms with van der Waals surface area (Å²) in [7, 11) is -0.985. The molecular formula is C21H26N2O4S2. The molecule has 0 aliphatic heterocycles. The van der Waals surface area contributed by atoms with Crippen LogP contribution >= 0.6 is 0 Å². The van der Waals surface area contributed by atoms with Gasteiger partial charge in [-0.05, 0) is 66.3 Å². The first-order valence-electron chi connectivity index (χ1n) is 9.20. The molecule has 0 aromatic heterocycles. The van der Waals surface area contributed by atoms with Gasteiger partial charge in [0.15, 0.2) is 0 Å². The van der Waals surface area contributed by atoms with Gasteiger partial charge < -0.3 is 0 Å². The Kier molecular flexibility index (Phi) is 5.75. The Hall–Kier alpha value is -2.00. The van der Waals surface area contributed by atoms with Gasteiger partial charge in [-0.2, -0.15) is 0 Å². The Labute approximate surface area is 173 Å². The summed E-state index contributed by atoms with van der Waals surface area (Å²) in [5, 5.41) is 0. The van der Waals surface area contributed by atoms with Crippen molar-refractivity contribution in [2.24, 2.45) is 0 Å². The molecule has 1 aliphatic carbocycles. The smallest absolute Gasteiger partial charge is 0.207 e. The molecule has 2 aromatic carbocycles. The van der Waals surface area contributed by atoms with Crippen LogP contribution in [-0.2, 0) is 32.9 Å². The minimum Gasteiger partial charge on any atom is -0.207 e. The van der Waals surface area contributed by atoms with Crippen LogP contribution in [0.1, 0.15) is 23.6 Å². The molecule has 3 rings (SSSR count). The molecule has 0 amide bonds. The van der Waals surface area contributed by atoms with Crippen molar-refractivity contribution in [2.75, 3.05) is 28.2 Å². The fourth-order valence-corrected chi connectivity index (χ4v) is 5.36. The Morgan fingerprint density at radius 3 is 2.00 bits per heavy atom. The average Bonchev–Trinajstić information content (AvgIpc) is 2.96. The van der Waals surface area contributed by atoms with Gasteiger partial charge in [-0.15, -0.1) is 0 Å². The summed E-state index contributed by atoms with van der Waals surface area (Å²) in [6.07, 6.45) is 1.31. The van der Waals surface area contributed by atoms with Crippen molar-refractivity contribution in [2.45, 2.75) is 29.6 Å². The van der Waals surface area contributed by atoms with Crippen molar-refractivity contribution >= 4 is 25.6 Å². The highest BCUT2D eigenvalue weighted by atomic mass is 32.2. The number of allylic oxidation sites excluding steroid dienone is 2. The Balaban J connectivity index is 2.01. The largest absolute Gasteiger partial charge is 0.242 e. The van der Waals surface area contributed by atoms with Gasteiger partial charge in [-0.3, -0.25) is 0 Å². The first-order valence-corrected chi connectivity index (χ1v) is 12.1. The molecule has 29 heavy (non-hydrogen) atoms. The summed E-state index contributed by atoms with van der Waals surface area (Å²) < 4.78 is 52.4. The lowest BCUT2D eigenvalue weighted by Gasteiger charge is -2.15. The molecule has 0 heterocycles. The molecule has 156 valence electrons. The summed E-state index contributed by atoms with van der Waals surface area (Å²) in [5.74, 6) is 0. The standard InChI is InChI=1S/C21H26N2O4S2/c1-15-11-17-9-10-19(29(26,27)23(4)5)14-21(17)20(15)13-16-7-6-8-18(12-16)28(24,25)22(2)3/h6-10,12,14H,11,13H2,1-5H3. The number of hydrogen-bond acceptors (Lipinski definition) is 4. The lowest BCUT2D eigenvalue weighted by Crippen LogP contribution is -2.22. The van der Waals surface area contributed by atoms with Crippen LogP contribution in [0, 0.1) is 0 Å². The molecule has 2 aromatic rings. The molecular weight excluding hydrogens is 408 g/mol. The number of nitrogens with zero attached hydrogens (tertiary/aromatic N) is 2. The first kappa shape index (κ1) is 21.7. The van der Waals surface area contributed by atoms with Gasteiger partial charge in [0.25, 0.3) is 0 Å².